The van der Waals surface area contributed by atoms with Gasteiger partial charge in [-0.2, -0.15) is 0 Å². The average Bonchev–Trinajstić information content (AvgIpc) is 3.12. The van der Waals surface area contributed by atoms with E-state index < -0.39 is 21.3 Å². The standard InChI is InChI=1S/C17H20N4O3S/c22-16(18-11-13-7-3-1-4-8-13)15-12-19-20-17(15)25(23,24)21-14-9-5-2-6-10-14/h1-10,15,17,19-21H,11-12H2,(H,18,22). The fourth-order valence-electron chi connectivity index (χ4n) is 2.65. The van der Waals surface area contributed by atoms with E-state index in [1.807, 2.05) is 30.3 Å². The lowest BCUT2D eigenvalue weighted by molar-refractivity contribution is -0.124. The third-order valence-electron chi connectivity index (χ3n) is 3.95. The van der Waals surface area contributed by atoms with E-state index in [4.69, 9.17) is 0 Å². The van der Waals surface area contributed by atoms with Crippen LogP contribution in [0.5, 0.6) is 0 Å². The number of anilines is 1. The van der Waals surface area contributed by atoms with E-state index in [0.29, 0.717) is 12.2 Å². The minimum atomic E-state index is -3.77. The molecule has 0 spiro atoms. The van der Waals surface area contributed by atoms with Crippen LogP contribution in [0.15, 0.2) is 60.7 Å². The van der Waals surface area contributed by atoms with Gasteiger partial charge < -0.3 is 5.32 Å². The lowest BCUT2D eigenvalue weighted by Gasteiger charge is -2.19. The van der Waals surface area contributed by atoms with Gasteiger partial charge in [0.15, 0.2) is 5.37 Å². The lowest BCUT2D eigenvalue weighted by Crippen LogP contribution is -2.46. The predicted molar refractivity (Wildman–Crippen MR) is 95.7 cm³/mol. The molecule has 1 aliphatic heterocycles. The number of hydrazine groups is 1. The van der Waals surface area contributed by atoms with Gasteiger partial charge in [0.25, 0.3) is 10.0 Å². The van der Waals surface area contributed by atoms with Crippen molar-refractivity contribution in [3.8, 4) is 0 Å². The number of rotatable bonds is 6. The van der Waals surface area contributed by atoms with Crippen molar-refractivity contribution in [2.75, 3.05) is 11.3 Å². The van der Waals surface area contributed by atoms with Gasteiger partial charge in [0.2, 0.25) is 5.91 Å². The van der Waals surface area contributed by atoms with E-state index in [-0.39, 0.29) is 12.5 Å². The molecule has 0 saturated carbocycles. The number of hydrogen-bond donors (Lipinski definition) is 4. The van der Waals surface area contributed by atoms with E-state index in [1.165, 1.54) is 0 Å². The van der Waals surface area contributed by atoms with Gasteiger partial charge in [-0.3, -0.25) is 14.9 Å². The molecule has 0 bridgehead atoms. The lowest BCUT2D eigenvalue weighted by atomic mass is 10.1. The summed E-state index contributed by atoms with van der Waals surface area (Å²) in [6.45, 7) is 0.593. The summed E-state index contributed by atoms with van der Waals surface area (Å²) in [5.41, 5.74) is 6.86. The van der Waals surface area contributed by atoms with Crippen molar-refractivity contribution in [2.24, 2.45) is 5.92 Å². The number of nitrogens with one attached hydrogen (secondary N) is 4. The van der Waals surface area contributed by atoms with Crippen LogP contribution in [0, 0.1) is 5.92 Å². The quantitative estimate of drug-likeness (QED) is 0.611. The van der Waals surface area contributed by atoms with E-state index in [9.17, 15) is 13.2 Å². The molecule has 1 amide bonds. The molecule has 0 aliphatic carbocycles. The highest BCUT2D eigenvalue weighted by Gasteiger charge is 2.41. The monoisotopic (exact) mass is 360 g/mol. The fraction of sp³-hybridized carbons (Fsp3) is 0.235. The second kappa shape index (κ2) is 7.64. The molecule has 2 aromatic carbocycles. The van der Waals surface area contributed by atoms with Crippen LogP contribution in [-0.2, 0) is 21.4 Å². The maximum absolute atomic E-state index is 12.6. The van der Waals surface area contributed by atoms with Crippen molar-refractivity contribution in [2.45, 2.75) is 11.9 Å². The van der Waals surface area contributed by atoms with E-state index in [1.54, 1.807) is 30.3 Å². The normalized spacial score (nSPS) is 20.2. The number of carbonyl (C=O) groups excluding carboxylic acids is 1. The molecule has 3 rings (SSSR count). The maximum atomic E-state index is 12.6. The number of benzene rings is 2. The van der Waals surface area contributed by atoms with E-state index >= 15 is 0 Å². The summed E-state index contributed by atoms with van der Waals surface area (Å²) in [6.07, 6.45) is 0. The highest BCUT2D eigenvalue weighted by molar-refractivity contribution is 7.93. The molecule has 2 atom stereocenters. The maximum Gasteiger partial charge on any atom is 0.250 e. The van der Waals surface area contributed by atoms with Gasteiger partial charge in [0.05, 0.1) is 5.92 Å². The number of amides is 1. The number of sulfonamides is 1. The fourth-order valence-corrected chi connectivity index (χ4v) is 4.13. The van der Waals surface area contributed by atoms with Crippen molar-refractivity contribution in [1.82, 2.24) is 16.2 Å². The number of para-hydroxylation sites is 1. The van der Waals surface area contributed by atoms with Crippen molar-refractivity contribution < 1.29 is 13.2 Å². The molecule has 1 heterocycles. The zero-order valence-electron chi connectivity index (χ0n) is 13.5. The van der Waals surface area contributed by atoms with Gasteiger partial charge in [0.1, 0.15) is 0 Å². The van der Waals surface area contributed by atoms with Gasteiger partial charge in [-0.1, -0.05) is 48.5 Å². The summed E-state index contributed by atoms with van der Waals surface area (Å²) in [7, 11) is -3.77. The molecule has 2 aromatic rings. The van der Waals surface area contributed by atoms with Gasteiger partial charge in [-0.15, -0.1) is 0 Å². The van der Waals surface area contributed by atoms with Crippen molar-refractivity contribution >= 4 is 21.6 Å². The second-order valence-corrected chi connectivity index (χ2v) is 7.57. The molecule has 2 unspecified atom stereocenters. The predicted octanol–water partition coefficient (Wildman–Crippen LogP) is 0.795. The van der Waals surface area contributed by atoms with Crippen molar-refractivity contribution in [1.29, 1.82) is 0 Å². The Balaban J connectivity index is 1.66. The van der Waals surface area contributed by atoms with Crippen LogP contribution in [0.4, 0.5) is 5.69 Å². The summed E-state index contributed by atoms with van der Waals surface area (Å²) in [6, 6.07) is 18.1. The topological polar surface area (TPSA) is 99.3 Å². The first-order valence-corrected chi connectivity index (χ1v) is 9.47. The van der Waals surface area contributed by atoms with Gasteiger partial charge >= 0.3 is 0 Å². The van der Waals surface area contributed by atoms with E-state index in [0.717, 1.165) is 5.56 Å². The number of hydrogen-bond acceptors (Lipinski definition) is 5. The molecule has 0 radical (unpaired) electrons. The molecule has 7 nitrogen and oxygen atoms in total. The summed E-state index contributed by atoms with van der Waals surface area (Å²) in [5, 5.41) is 1.74. The smallest absolute Gasteiger partial charge is 0.250 e. The van der Waals surface area contributed by atoms with Crippen LogP contribution in [0.3, 0.4) is 0 Å². The molecule has 132 valence electrons. The average molecular weight is 360 g/mol. The molecule has 8 heteroatoms. The second-order valence-electron chi connectivity index (χ2n) is 5.77. The third kappa shape index (κ3) is 4.36. The van der Waals surface area contributed by atoms with Crippen molar-refractivity contribution in [3.05, 3.63) is 66.2 Å². The van der Waals surface area contributed by atoms with E-state index in [2.05, 4.69) is 20.9 Å². The SMILES string of the molecule is O=C(NCc1ccccc1)C1CNNC1S(=O)(=O)Nc1ccccc1. The third-order valence-corrected chi connectivity index (χ3v) is 5.58. The Kier molecular flexibility index (Phi) is 5.32. The van der Waals surface area contributed by atoms with Crippen LogP contribution in [0.1, 0.15) is 5.56 Å². The summed E-state index contributed by atoms with van der Waals surface area (Å²) in [4.78, 5) is 12.4. The first-order valence-electron chi connectivity index (χ1n) is 7.93. The Morgan fingerprint density at radius 1 is 1.04 bits per heavy atom. The summed E-state index contributed by atoms with van der Waals surface area (Å²) >= 11 is 0. The Morgan fingerprint density at radius 2 is 1.68 bits per heavy atom. The van der Waals surface area contributed by atoms with Crippen LogP contribution >= 0.6 is 0 Å². The molecule has 1 aliphatic rings. The molecule has 0 aromatic heterocycles. The Hall–Kier alpha value is -2.42. The zero-order valence-corrected chi connectivity index (χ0v) is 14.3. The summed E-state index contributed by atoms with van der Waals surface area (Å²) < 4.78 is 27.7. The zero-order chi connectivity index (χ0) is 17.7. The van der Waals surface area contributed by atoms with Crippen LogP contribution in [-0.4, -0.2) is 26.2 Å². The molecule has 1 saturated heterocycles. The first kappa shape index (κ1) is 17.4. The minimum absolute atomic E-state index is 0.237. The first-order chi connectivity index (χ1) is 12.1. The molecule has 4 N–H and O–H groups in total. The number of carbonyl (C=O) groups is 1. The molecular weight excluding hydrogens is 340 g/mol. The van der Waals surface area contributed by atoms with Gasteiger partial charge in [-0.05, 0) is 17.7 Å². The largest absolute Gasteiger partial charge is 0.352 e. The minimum Gasteiger partial charge on any atom is -0.352 e. The molecule has 1 fully saturated rings. The Bertz CT molecular complexity index is 812. The van der Waals surface area contributed by atoms with Gasteiger partial charge in [-0.25, -0.2) is 13.8 Å². The Labute approximate surface area is 146 Å². The van der Waals surface area contributed by atoms with Crippen LogP contribution < -0.4 is 20.9 Å². The highest BCUT2D eigenvalue weighted by atomic mass is 32.2. The molecule has 25 heavy (non-hydrogen) atoms. The highest BCUT2D eigenvalue weighted by Crippen LogP contribution is 2.18. The van der Waals surface area contributed by atoms with Crippen LogP contribution in [0.2, 0.25) is 0 Å². The van der Waals surface area contributed by atoms with Crippen LogP contribution in [0.25, 0.3) is 0 Å². The molecular formula is C17H20N4O3S. The van der Waals surface area contributed by atoms with Gasteiger partial charge in [0, 0.05) is 18.8 Å². The Morgan fingerprint density at radius 3 is 2.36 bits per heavy atom. The van der Waals surface area contributed by atoms with Crippen molar-refractivity contribution in [3.63, 3.8) is 0 Å². The summed E-state index contributed by atoms with van der Waals surface area (Å²) in [5.74, 6) is -1.05.